The third kappa shape index (κ3) is 8.30. The van der Waals surface area contributed by atoms with Gasteiger partial charge >= 0.3 is 0 Å². The van der Waals surface area contributed by atoms with Crippen molar-refractivity contribution in [3.8, 4) is 0 Å². The Hall–Kier alpha value is -3.52. The van der Waals surface area contributed by atoms with Crippen LogP contribution in [0.2, 0.25) is 0 Å². The van der Waals surface area contributed by atoms with Crippen LogP contribution in [-0.2, 0) is 19.2 Å². The van der Waals surface area contributed by atoms with Gasteiger partial charge in [-0.3, -0.25) is 19.2 Å². The normalized spacial score (nSPS) is 21.1. The molecule has 2 heterocycles. The van der Waals surface area contributed by atoms with Gasteiger partial charge in [-0.15, -0.1) is 10.2 Å². The molecule has 0 spiro atoms. The van der Waals surface area contributed by atoms with Gasteiger partial charge in [0.05, 0.1) is 0 Å². The molecule has 2 aliphatic heterocycles. The van der Waals surface area contributed by atoms with Gasteiger partial charge in [-0.2, -0.15) is 10.2 Å². The monoisotopic (exact) mass is 530 g/mol. The average molecular weight is 531 g/mol. The summed E-state index contributed by atoms with van der Waals surface area (Å²) in [6, 6.07) is 6.60. The average Bonchev–Trinajstić information content (AvgIpc) is 3.32. The zero-order valence-corrected chi connectivity index (χ0v) is 21.7. The Bertz CT molecular complexity index is 1100. The minimum atomic E-state index is -0.616. The van der Waals surface area contributed by atoms with Crippen LogP contribution < -0.4 is 21.3 Å². The number of amides is 4. The van der Waals surface area contributed by atoms with Crippen molar-refractivity contribution in [1.82, 2.24) is 10.6 Å². The van der Waals surface area contributed by atoms with Crippen molar-refractivity contribution in [2.45, 2.75) is 51.0 Å². The van der Waals surface area contributed by atoms with Gasteiger partial charge < -0.3 is 21.3 Å². The number of nitrogens with zero attached hydrogens (tertiary/aromatic N) is 4. The molecule has 12 nitrogen and oxygen atoms in total. The molecule has 4 N–H and O–H groups in total. The van der Waals surface area contributed by atoms with Crippen molar-refractivity contribution in [3.05, 3.63) is 24.3 Å². The van der Waals surface area contributed by atoms with E-state index in [1.807, 2.05) is 0 Å². The van der Waals surface area contributed by atoms with Gasteiger partial charge in [-0.05, 0) is 45.9 Å². The smallest absolute Gasteiger partial charge is 0.240 e. The molecule has 1 aromatic rings. The predicted octanol–water partition coefficient (Wildman–Crippen LogP) is 2.31. The molecule has 0 radical (unpaired) electrons. The second kappa shape index (κ2) is 12.4. The number of rotatable bonds is 8. The highest BCUT2D eigenvalue weighted by Gasteiger charge is 2.33. The molecule has 3 rings (SSSR count). The molecule has 4 amide bonds. The Morgan fingerprint density at radius 1 is 0.806 bits per heavy atom. The maximum atomic E-state index is 12.5. The molecule has 2 atom stereocenters. The van der Waals surface area contributed by atoms with Gasteiger partial charge in [-0.25, -0.2) is 0 Å². The lowest BCUT2D eigenvalue weighted by atomic mass is 10.2. The van der Waals surface area contributed by atoms with Crippen LogP contribution in [0, 0.1) is 0 Å². The Labute approximate surface area is 216 Å². The van der Waals surface area contributed by atoms with Crippen LogP contribution in [0.25, 0.3) is 0 Å². The number of carbonyl (C=O) groups excluding carboxylic acids is 4. The topological polar surface area (TPSA) is 166 Å². The van der Waals surface area contributed by atoms with E-state index in [0.717, 1.165) is 34.9 Å². The van der Waals surface area contributed by atoms with E-state index in [-0.39, 0.29) is 36.5 Å². The molecule has 0 aromatic heterocycles. The van der Waals surface area contributed by atoms with Crippen LogP contribution in [-0.4, -0.2) is 55.9 Å². The standard InChI is InChI=1S/C22H26N8O4S2/c1-11(2)27-29-21-25-19(33)15(35-21)9-17(31)23-13-6-5-7-14(8-13)24-18(32)10-16-20(34)26-22(36-16)30-28-12(3)4/h5-8,15-16H,9-10H2,1-4H3,(H,23,31)(H,24,32)(H,25,29,33)(H,26,30,34)/t15-,16+. The number of carbonyl (C=O) groups is 4. The van der Waals surface area contributed by atoms with E-state index >= 15 is 0 Å². The van der Waals surface area contributed by atoms with E-state index in [1.54, 1.807) is 52.0 Å². The zero-order chi connectivity index (χ0) is 26.2. The van der Waals surface area contributed by atoms with Gasteiger partial charge in [0, 0.05) is 35.6 Å². The first-order chi connectivity index (χ1) is 17.1. The molecule has 0 saturated carbocycles. The summed E-state index contributed by atoms with van der Waals surface area (Å²) in [6.45, 7) is 7.14. The molecular formula is C22H26N8O4S2. The van der Waals surface area contributed by atoms with Gasteiger partial charge in [0.1, 0.15) is 10.5 Å². The van der Waals surface area contributed by atoms with E-state index in [9.17, 15) is 19.2 Å². The van der Waals surface area contributed by atoms with Crippen LogP contribution >= 0.6 is 23.5 Å². The fraction of sp³-hybridized carbons (Fsp3) is 0.364. The van der Waals surface area contributed by atoms with Crippen LogP contribution in [0.3, 0.4) is 0 Å². The van der Waals surface area contributed by atoms with Gasteiger partial charge in [0.15, 0.2) is 10.3 Å². The van der Waals surface area contributed by atoms with Crippen molar-refractivity contribution in [1.29, 1.82) is 0 Å². The first kappa shape index (κ1) is 27.1. The number of hydrogen-bond acceptors (Lipinski definition) is 10. The number of anilines is 2. The summed E-state index contributed by atoms with van der Waals surface area (Å²) in [7, 11) is 0. The molecule has 2 saturated heterocycles. The number of amidine groups is 2. The van der Waals surface area contributed by atoms with E-state index in [2.05, 4.69) is 41.7 Å². The molecule has 2 fully saturated rings. The quantitative estimate of drug-likeness (QED) is 0.297. The minimum absolute atomic E-state index is 0.0551. The van der Waals surface area contributed by atoms with Crippen molar-refractivity contribution in [2.24, 2.45) is 20.4 Å². The second-order valence-electron chi connectivity index (χ2n) is 8.18. The molecule has 0 aliphatic carbocycles. The summed E-state index contributed by atoms with van der Waals surface area (Å²) in [5.74, 6) is -1.34. The van der Waals surface area contributed by atoms with Crippen LogP contribution in [0.15, 0.2) is 44.7 Å². The Kier molecular flexibility index (Phi) is 9.36. The van der Waals surface area contributed by atoms with Crippen molar-refractivity contribution < 1.29 is 19.2 Å². The van der Waals surface area contributed by atoms with E-state index in [0.29, 0.717) is 21.7 Å². The third-order valence-corrected chi connectivity index (χ3v) is 6.55. The van der Waals surface area contributed by atoms with Gasteiger partial charge in [0.25, 0.3) is 0 Å². The fourth-order valence-electron chi connectivity index (χ4n) is 2.90. The second-order valence-corrected chi connectivity index (χ2v) is 10.6. The summed E-state index contributed by atoms with van der Waals surface area (Å²) in [4.78, 5) is 49.2. The summed E-state index contributed by atoms with van der Waals surface area (Å²) < 4.78 is 0. The molecule has 2 aliphatic rings. The van der Waals surface area contributed by atoms with Crippen LogP contribution in [0.1, 0.15) is 40.5 Å². The minimum Gasteiger partial charge on any atom is -0.326 e. The van der Waals surface area contributed by atoms with E-state index < -0.39 is 10.5 Å². The maximum absolute atomic E-state index is 12.5. The van der Waals surface area contributed by atoms with Crippen LogP contribution in [0.5, 0.6) is 0 Å². The SMILES string of the molecule is CC(C)=N/N=C1/NC(=O)[C@H](CC(=O)Nc2cccc(NC(=O)C[C@H]3S/C(=N\N=C(C)C)NC3=O)c2)S1. The lowest BCUT2D eigenvalue weighted by Gasteiger charge is -2.11. The largest absolute Gasteiger partial charge is 0.326 e. The number of nitrogens with one attached hydrogen (secondary N) is 4. The first-order valence-corrected chi connectivity index (χ1v) is 12.7. The van der Waals surface area contributed by atoms with Gasteiger partial charge in [-0.1, -0.05) is 29.6 Å². The Balaban J connectivity index is 1.52. The highest BCUT2D eigenvalue weighted by atomic mass is 32.2. The van der Waals surface area contributed by atoms with Crippen molar-refractivity contribution in [2.75, 3.05) is 10.6 Å². The van der Waals surface area contributed by atoms with Gasteiger partial charge in [0.2, 0.25) is 23.6 Å². The molecule has 190 valence electrons. The predicted molar refractivity (Wildman–Crippen MR) is 144 cm³/mol. The highest BCUT2D eigenvalue weighted by Crippen LogP contribution is 2.25. The highest BCUT2D eigenvalue weighted by molar-refractivity contribution is 8.16. The summed E-state index contributed by atoms with van der Waals surface area (Å²) >= 11 is 2.29. The maximum Gasteiger partial charge on any atom is 0.240 e. The fourth-order valence-corrected chi connectivity index (χ4v) is 4.73. The number of hydrogen-bond donors (Lipinski definition) is 4. The molecule has 0 bridgehead atoms. The summed E-state index contributed by atoms with van der Waals surface area (Å²) in [5.41, 5.74) is 2.39. The van der Waals surface area contributed by atoms with Crippen LogP contribution in [0.4, 0.5) is 11.4 Å². The summed E-state index contributed by atoms with van der Waals surface area (Å²) in [6.07, 6.45) is -0.110. The molecule has 0 unspecified atom stereocenters. The molecule has 1 aromatic carbocycles. The molecule has 14 heteroatoms. The van der Waals surface area contributed by atoms with E-state index in [4.69, 9.17) is 0 Å². The van der Waals surface area contributed by atoms with E-state index in [1.165, 1.54) is 0 Å². The lowest BCUT2D eigenvalue weighted by Crippen LogP contribution is -2.28. The first-order valence-electron chi connectivity index (χ1n) is 10.9. The third-order valence-electron chi connectivity index (χ3n) is 4.41. The summed E-state index contributed by atoms with van der Waals surface area (Å²) in [5, 5.41) is 25.8. The van der Waals surface area contributed by atoms with Crippen molar-refractivity contribution >= 4 is 80.3 Å². The molecular weight excluding hydrogens is 504 g/mol. The lowest BCUT2D eigenvalue weighted by molar-refractivity contribution is -0.122. The number of benzene rings is 1. The Morgan fingerprint density at radius 3 is 1.61 bits per heavy atom. The number of thioether (sulfide) groups is 2. The zero-order valence-electron chi connectivity index (χ0n) is 20.1. The van der Waals surface area contributed by atoms with Crippen molar-refractivity contribution in [3.63, 3.8) is 0 Å². The Morgan fingerprint density at radius 2 is 1.22 bits per heavy atom. The molecule has 36 heavy (non-hydrogen) atoms.